The molecule has 0 spiro atoms. The van der Waals surface area contributed by atoms with Gasteiger partial charge in [0.05, 0.1) is 19.4 Å². The molecule has 5 heteroatoms. The molecule has 0 saturated heterocycles. The van der Waals surface area contributed by atoms with Crippen molar-refractivity contribution in [2.24, 2.45) is 15.9 Å². The Hall–Kier alpha value is -2.01. The number of hydrogen-bond donors (Lipinski definition) is 1. The Morgan fingerprint density at radius 3 is 2.96 bits per heavy atom. The van der Waals surface area contributed by atoms with Gasteiger partial charge in [-0.05, 0) is 43.8 Å². The van der Waals surface area contributed by atoms with E-state index in [9.17, 15) is 9.50 Å². The summed E-state index contributed by atoms with van der Waals surface area (Å²) in [6.45, 7) is 3.83. The molecule has 1 unspecified atom stereocenters. The molecule has 1 atom stereocenters. The van der Waals surface area contributed by atoms with Crippen LogP contribution in [0.1, 0.15) is 39.5 Å². The molecule has 0 aromatic rings. The third kappa shape index (κ3) is 4.74. The van der Waals surface area contributed by atoms with Crippen LogP contribution < -0.4 is 0 Å². The van der Waals surface area contributed by atoms with E-state index >= 15 is 0 Å². The van der Waals surface area contributed by atoms with Crippen LogP contribution in [0.25, 0.3) is 0 Å². The minimum Gasteiger partial charge on any atom is -0.481 e. The van der Waals surface area contributed by atoms with Gasteiger partial charge < -0.3 is 9.84 Å². The first kappa shape index (κ1) is 18.3. The monoisotopic (exact) mass is 332 g/mol. The molecule has 4 nitrogen and oxygen atoms in total. The average molecular weight is 332 g/mol. The molecule has 24 heavy (non-hydrogen) atoms. The summed E-state index contributed by atoms with van der Waals surface area (Å²) in [5.74, 6) is 0.520. The highest BCUT2D eigenvalue weighted by Gasteiger charge is 2.17. The molecule has 2 aliphatic rings. The summed E-state index contributed by atoms with van der Waals surface area (Å²) in [6.07, 6.45) is 10.1. The first-order chi connectivity index (χ1) is 11.5. The summed E-state index contributed by atoms with van der Waals surface area (Å²) < 4.78 is 18.7. The van der Waals surface area contributed by atoms with Crippen molar-refractivity contribution < 1.29 is 14.2 Å². The zero-order chi connectivity index (χ0) is 17.5. The van der Waals surface area contributed by atoms with E-state index in [0.29, 0.717) is 18.0 Å². The molecule has 0 aromatic carbocycles. The normalized spacial score (nSPS) is 24.5. The Balaban J connectivity index is 2.28. The smallest absolute Gasteiger partial charge is 0.218 e. The number of hydrogen-bond acceptors (Lipinski definition) is 4. The topological polar surface area (TPSA) is 54.2 Å². The molecule has 2 rings (SSSR count). The largest absolute Gasteiger partial charge is 0.481 e. The van der Waals surface area contributed by atoms with Crippen molar-refractivity contribution in [2.75, 3.05) is 13.7 Å². The van der Waals surface area contributed by atoms with Crippen LogP contribution in [0.2, 0.25) is 0 Å². The minimum atomic E-state index is -0.106. The Bertz CT molecular complexity index is 654. The fourth-order valence-electron chi connectivity index (χ4n) is 2.85. The van der Waals surface area contributed by atoms with Gasteiger partial charge in [-0.25, -0.2) is 9.38 Å². The van der Waals surface area contributed by atoms with Crippen LogP contribution in [0.4, 0.5) is 4.39 Å². The summed E-state index contributed by atoms with van der Waals surface area (Å²) in [7, 11) is 1.57. The van der Waals surface area contributed by atoms with Gasteiger partial charge in [-0.2, -0.15) is 0 Å². The number of aliphatic hydroxyl groups excluding tert-OH is 1. The van der Waals surface area contributed by atoms with E-state index in [-0.39, 0.29) is 18.4 Å². The third-order valence-electron chi connectivity index (χ3n) is 4.21. The second-order valence-electron chi connectivity index (χ2n) is 6.08. The summed E-state index contributed by atoms with van der Waals surface area (Å²) in [5, 5.41) is 9.32. The summed E-state index contributed by atoms with van der Waals surface area (Å²) in [6, 6.07) is 0. The van der Waals surface area contributed by atoms with Crippen LogP contribution >= 0.6 is 0 Å². The molecule has 1 aliphatic carbocycles. The van der Waals surface area contributed by atoms with Crippen molar-refractivity contribution in [2.45, 2.75) is 39.5 Å². The van der Waals surface area contributed by atoms with Gasteiger partial charge in [0.25, 0.3) is 0 Å². The molecule has 1 aliphatic heterocycles. The first-order valence-electron chi connectivity index (χ1n) is 8.28. The molecule has 0 fully saturated rings. The van der Waals surface area contributed by atoms with E-state index in [2.05, 4.69) is 9.98 Å². The van der Waals surface area contributed by atoms with Crippen LogP contribution in [-0.2, 0) is 4.74 Å². The molecule has 0 bridgehead atoms. The number of aliphatic imine (C=N–C) groups is 2. The fraction of sp³-hybridized carbons (Fsp3) is 0.474. The van der Waals surface area contributed by atoms with Crippen LogP contribution in [0.15, 0.2) is 57.1 Å². The Labute approximate surface area is 142 Å². The van der Waals surface area contributed by atoms with Gasteiger partial charge >= 0.3 is 0 Å². The predicted octanol–water partition coefficient (Wildman–Crippen LogP) is 4.26. The lowest BCUT2D eigenvalue weighted by molar-refractivity contribution is 0.327. The first-order valence-corrected chi connectivity index (χ1v) is 8.28. The number of allylic oxidation sites excluding steroid dienone is 5. The van der Waals surface area contributed by atoms with E-state index in [1.165, 1.54) is 6.08 Å². The SMILES string of the molecule is COC1=NC(CO)=CCCC/C1=C\N=C(C)C1=CC=C(F)CC1C. The number of methoxy groups -OCH3 is 1. The number of nitrogens with zero attached hydrogens (tertiary/aromatic N) is 2. The lowest BCUT2D eigenvalue weighted by Crippen LogP contribution is -2.12. The Morgan fingerprint density at radius 1 is 1.50 bits per heavy atom. The van der Waals surface area contributed by atoms with Crippen molar-refractivity contribution in [3.63, 3.8) is 0 Å². The van der Waals surface area contributed by atoms with E-state index in [1.807, 2.05) is 19.9 Å². The minimum absolute atomic E-state index is 0.0884. The van der Waals surface area contributed by atoms with Crippen molar-refractivity contribution in [3.05, 3.63) is 47.1 Å². The van der Waals surface area contributed by atoms with E-state index in [4.69, 9.17) is 4.74 Å². The van der Waals surface area contributed by atoms with Crippen molar-refractivity contribution in [1.82, 2.24) is 0 Å². The maximum absolute atomic E-state index is 13.3. The Kier molecular flexibility index (Phi) is 6.67. The van der Waals surface area contributed by atoms with Gasteiger partial charge in [0.2, 0.25) is 5.90 Å². The lowest BCUT2D eigenvalue weighted by Gasteiger charge is -2.18. The zero-order valence-corrected chi connectivity index (χ0v) is 14.6. The van der Waals surface area contributed by atoms with Gasteiger partial charge in [-0.3, -0.25) is 4.99 Å². The van der Waals surface area contributed by atoms with Crippen molar-refractivity contribution in [1.29, 1.82) is 0 Å². The molecular weight excluding hydrogens is 307 g/mol. The molecular formula is C19H25FN2O2. The van der Waals surface area contributed by atoms with Crippen LogP contribution in [0, 0.1) is 5.92 Å². The standard InChI is InChI=1S/C19H25FN2O2/c1-13-10-16(20)8-9-18(13)14(2)21-11-15-6-4-5-7-17(12-23)22-19(15)24-3/h7-9,11,13,23H,4-6,10,12H2,1-3H3/b15-11+,17-7?,21-14?,22-19?. The lowest BCUT2D eigenvalue weighted by atomic mass is 9.90. The maximum atomic E-state index is 13.3. The second kappa shape index (κ2) is 8.73. The van der Waals surface area contributed by atoms with Gasteiger partial charge in [0.1, 0.15) is 5.83 Å². The molecule has 0 amide bonds. The average Bonchev–Trinajstić information content (AvgIpc) is 2.54. The van der Waals surface area contributed by atoms with Crippen molar-refractivity contribution >= 4 is 11.6 Å². The predicted molar refractivity (Wildman–Crippen MR) is 95.7 cm³/mol. The van der Waals surface area contributed by atoms with Gasteiger partial charge in [0, 0.05) is 23.9 Å². The fourth-order valence-corrected chi connectivity index (χ4v) is 2.85. The highest BCUT2D eigenvalue weighted by molar-refractivity contribution is 6.00. The van der Waals surface area contributed by atoms with Gasteiger partial charge in [-0.15, -0.1) is 0 Å². The molecule has 0 radical (unpaired) electrons. The summed E-state index contributed by atoms with van der Waals surface area (Å²) in [5.41, 5.74) is 3.43. The Morgan fingerprint density at radius 2 is 2.29 bits per heavy atom. The maximum Gasteiger partial charge on any atom is 0.218 e. The number of rotatable bonds is 3. The van der Waals surface area contributed by atoms with Crippen LogP contribution in [0.3, 0.4) is 0 Å². The van der Waals surface area contributed by atoms with Crippen LogP contribution in [-0.4, -0.2) is 30.4 Å². The summed E-state index contributed by atoms with van der Waals surface area (Å²) >= 11 is 0. The molecule has 130 valence electrons. The van der Waals surface area contributed by atoms with E-state index < -0.39 is 0 Å². The third-order valence-corrected chi connectivity index (χ3v) is 4.21. The molecule has 1 N–H and O–H groups in total. The van der Waals surface area contributed by atoms with Crippen LogP contribution in [0.5, 0.6) is 0 Å². The summed E-state index contributed by atoms with van der Waals surface area (Å²) in [4.78, 5) is 8.92. The van der Waals surface area contributed by atoms with E-state index in [0.717, 1.165) is 36.1 Å². The second-order valence-corrected chi connectivity index (χ2v) is 6.08. The number of aliphatic hydroxyl groups is 1. The van der Waals surface area contributed by atoms with Gasteiger partial charge in [0.15, 0.2) is 0 Å². The molecule has 0 aromatic heterocycles. The zero-order valence-electron chi connectivity index (χ0n) is 14.6. The molecule has 0 saturated carbocycles. The quantitative estimate of drug-likeness (QED) is 0.785. The van der Waals surface area contributed by atoms with Gasteiger partial charge in [-0.1, -0.05) is 19.1 Å². The van der Waals surface area contributed by atoms with Crippen molar-refractivity contribution in [3.8, 4) is 0 Å². The number of halogens is 1. The molecule has 1 heterocycles. The highest BCUT2D eigenvalue weighted by atomic mass is 19.1. The van der Waals surface area contributed by atoms with E-state index in [1.54, 1.807) is 19.4 Å². The number of ether oxygens (including phenoxy) is 1. The highest BCUT2D eigenvalue weighted by Crippen LogP contribution is 2.26.